The van der Waals surface area contributed by atoms with Gasteiger partial charge in [0.1, 0.15) is 11.6 Å². The lowest BCUT2D eigenvalue weighted by molar-refractivity contribution is -0.133. The largest absolute Gasteiger partial charge is 0.343 e. The third-order valence-electron chi connectivity index (χ3n) is 6.37. The van der Waals surface area contributed by atoms with Crippen molar-refractivity contribution in [2.75, 3.05) is 19.6 Å². The standard InChI is InChI=1S/C19H31N5O.ClH/c1-14-3-2-4-15(11-14)12-18(25)23-8-5-16(6-9-23)19-22-21-17-13-20-7-10-24(17)19;/h14-16,20H,2-13H2,1H3;1H. The highest BCUT2D eigenvalue weighted by molar-refractivity contribution is 5.85. The monoisotopic (exact) mass is 381 g/mol. The van der Waals surface area contributed by atoms with E-state index in [9.17, 15) is 4.79 Å². The Balaban J connectivity index is 0.00000196. The van der Waals surface area contributed by atoms with E-state index < -0.39 is 0 Å². The number of halogens is 1. The number of fused-ring (bicyclic) bond motifs is 1. The summed E-state index contributed by atoms with van der Waals surface area (Å²) in [5.41, 5.74) is 0. The van der Waals surface area contributed by atoms with Gasteiger partial charge in [0.2, 0.25) is 5.91 Å². The van der Waals surface area contributed by atoms with Crippen molar-refractivity contribution >= 4 is 18.3 Å². The van der Waals surface area contributed by atoms with Crippen molar-refractivity contribution in [3.63, 3.8) is 0 Å². The number of aromatic nitrogens is 3. The highest BCUT2D eigenvalue weighted by Crippen LogP contribution is 2.32. The van der Waals surface area contributed by atoms with Crippen molar-refractivity contribution in [3.05, 3.63) is 11.6 Å². The second-order valence-electron chi connectivity index (χ2n) is 8.30. The fraction of sp³-hybridized carbons (Fsp3) is 0.842. The molecule has 0 spiro atoms. The van der Waals surface area contributed by atoms with E-state index in [1.165, 1.54) is 25.7 Å². The Bertz CT molecular complexity index is 611. The van der Waals surface area contributed by atoms with Gasteiger partial charge < -0.3 is 14.8 Å². The lowest BCUT2D eigenvalue weighted by Crippen LogP contribution is -2.39. The van der Waals surface area contributed by atoms with Crippen molar-refractivity contribution in [3.8, 4) is 0 Å². The zero-order valence-corrected chi connectivity index (χ0v) is 16.6. The summed E-state index contributed by atoms with van der Waals surface area (Å²) in [7, 11) is 0. The van der Waals surface area contributed by atoms with E-state index in [-0.39, 0.29) is 12.4 Å². The van der Waals surface area contributed by atoms with Gasteiger partial charge in [0, 0.05) is 38.5 Å². The highest BCUT2D eigenvalue weighted by atomic mass is 35.5. The van der Waals surface area contributed by atoms with Crippen LogP contribution in [0.1, 0.15) is 69.4 Å². The second kappa shape index (κ2) is 8.70. The van der Waals surface area contributed by atoms with Crippen LogP contribution in [0.15, 0.2) is 0 Å². The number of carbonyl (C=O) groups is 1. The molecule has 3 aliphatic rings. The van der Waals surface area contributed by atoms with E-state index in [0.29, 0.717) is 17.7 Å². The van der Waals surface area contributed by atoms with E-state index >= 15 is 0 Å². The van der Waals surface area contributed by atoms with Gasteiger partial charge in [-0.3, -0.25) is 4.79 Å². The second-order valence-corrected chi connectivity index (χ2v) is 8.30. The Morgan fingerprint density at radius 3 is 2.73 bits per heavy atom. The van der Waals surface area contributed by atoms with Crippen molar-refractivity contribution in [2.45, 2.75) is 70.9 Å². The first-order valence-electron chi connectivity index (χ1n) is 10.1. The fourth-order valence-corrected chi connectivity index (χ4v) is 4.92. The normalized spacial score (nSPS) is 26.9. The molecule has 6 nitrogen and oxygen atoms in total. The van der Waals surface area contributed by atoms with E-state index in [2.05, 4.69) is 31.9 Å². The molecule has 2 unspecified atom stereocenters. The van der Waals surface area contributed by atoms with Crippen LogP contribution in [0.4, 0.5) is 0 Å². The number of amides is 1. The van der Waals surface area contributed by atoms with Crippen molar-refractivity contribution in [2.24, 2.45) is 11.8 Å². The van der Waals surface area contributed by atoms with E-state index in [1.54, 1.807) is 0 Å². The average Bonchev–Trinajstić information content (AvgIpc) is 3.06. The van der Waals surface area contributed by atoms with Crippen LogP contribution in [0.2, 0.25) is 0 Å². The number of hydrogen-bond donors (Lipinski definition) is 1. The maximum absolute atomic E-state index is 12.7. The van der Waals surface area contributed by atoms with Gasteiger partial charge >= 0.3 is 0 Å². The Hall–Kier alpha value is -1.14. The molecule has 26 heavy (non-hydrogen) atoms. The van der Waals surface area contributed by atoms with Gasteiger partial charge in [-0.05, 0) is 37.5 Å². The molecule has 1 amide bonds. The number of nitrogens with zero attached hydrogens (tertiary/aromatic N) is 4. The third kappa shape index (κ3) is 4.22. The first-order valence-corrected chi connectivity index (χ1v) is 10.1. The zero-order valence-electron chi connectivity index (χ0n) is 15.8. The minimum atomic E-state index is 0. The summed E-state index contributed by atoms with van der Waals surface area (Å²) in [5, 5.41) is 12.1. The fourth-order valence-electron chi connectivity index (χ4n) is 4.92. The molecule has 0 bridgehead atoms. The van der Waals surface area contributed by atoms with Gasteiger partial charge in [-0.1, -0.05) is 19.8 Å². The smallest absolute Gasteiger partial charge is 0.222 e. The van der Waals surface area contributed by atoms with Crippen molar-refractivity contribution < 1.29 is 4.79 Å². The van der Waals surface area contributed by atoms with Crippen molar-refractivity contribution in [1.29, 1.82) is 0 Å². The summed E-state index contributed by atoms with van der Waals surface area (Å²) in [6.45, 7) is 6.88. The summed E-state index contributed by atoms with van der Waals surface area (Å²) >= 11 is 0. The average molecular weight is 382 g/mol. The number of hydrogen-bond acceptors (Lipinski definition) is 4. The molecule has 1 aromatic heterocycles. The molecule has 1 aliphatic carbocycles. The maximum atomic E-state index is 12.7. The van der Waals surface area contributed by atoms with Gasteiger partial charge in [0.05, 0.1) is 6.54 Å². The topological polar surface area (TPSA) is 63.1 Å². The quantitative estimate of drug-likeness (QED) is 0.874. The maximum Gasteiger partial charge on any atom is 0.222 e. The Morgan fingerprint density at radius 2 is 1.96 bits per heavy atom. The lowest BCUT2D eigenvalue weighted by Gasteiger charge is -2.34. The zero-order chi connectivity index (χ0) is 17.2. The molecule has 7 heteroatoms. The number of likely N-dealkylation sites (tertiary alicyclic amines) is 1. The molecular weight excluding hydrogens is 350 g/mol. The minimum absolute atomic E-state index is 0. The molecule has 146 valence electrons. The van der Waals surface area contributed by atoms with Crippen LogP contribution >= 0.6 is 12.4 Å². The summed E-state index contributed by atoms with van der Waals surface area (Å²) in [4.78, 5) is 14.8. The summed E-state index contributed by atoms with van der Waals surface area (Å²) in [6.07, 6.45) is 7.94. The molecule has 2 fully saturated rings. The predicted octanol–water partition coefficient (Wildman–Crippen LogP) is 2.73. The molecule has 4 rings (SSSR count). The molecule has 2 aliphatic heterocycles. The molecule has 3 heterocycles. The van der Waals surface area contributed by atoms with Gasteiger partial charge in [0.25, 0.3) is 0 Å². The Labute approximate surface area is 162 Å². The van der Waals surface area contributed by atoms with Crippen LogP contribution in [-0.2, 0) is 17.9 Å². The van der Waals surface area contributed by atoms with Gasteiger partial charge in [-0.2, -0.15) is 0 Å². The third-order valence-corrected chi connectivity index (χ3v) is 6.37. The SMILES string of the molecule is CC1CCCC(CC(=O)N2CCC(c3nnc4n3CCNC4)CC2)C1.Cl. The molecule has 2 atom stereocenters. The lowest BCUT2D eigenvalue weighted by atomic mass is 9.80. The molecule has 0 aromatic carbocycles. The number of carbonyl (C=O) groups excluding carboxylic acids is 1. The van der Waals surface area contributed by atoms with Crippen molar-refractivity contribution in [1.82, 2.24) is 25.0 Å². The van der Waals surface area contributed by atoms with Crippen LogP contribution in [0, 0.1) is 11.8 Å². The first kappa shape index (κ1) is 19.6. The van der Waals surface area contributed by atoms with Crippen LogP contribution in [0.3, 0.4) is 0 Å². The summed E-state index contributed by atoms with van der Waals surface area (Å²) in [5.74, 6) is 4.45. The Kier molecular flexibility index (Phi) is 6.56. The van der Waals surface area contributed by atoms with Crippen LogP contribution < -0.4 is 5.32 Å². The van der Waals surface area contributed by atoms with Crippen LogP contribution in [0.25, 0.3) is 0 Å². The van der Waals surface area contributed by atoms with E-state index in [4.69, 9.17) is 0 Å². The Morgan fingerprint density at radius 1 is 1.15 bits per heavy atom. The molecule has 1 N–H and O–H groups in total. The van der Waals surface area contributed by atoms with Crippen LogP contribution in [-0.4, -0.2) is 45.2 Å². The predicted molar refractivity (Wildman–Crippen MR) is 103 cm³/mol. The molecule has 1 saturated carbocycles. The minimum Gasteiger partial charge on any atom is -0.343 e. The van der Waals surface area contributed by atoms with E-state index in [1.807, 2.05) is 0 Å². The molecule has 1 aromatic rings. The molecular formula is C19H32ClN5O. The number of nitrogens with one attached hydrogen (secondary N) is 1. The molecule has 0 radical (unpaired) electrons. The summed E-state index contributed by atoms with van der Waals surface area (Å²) < 4.78 is 2.29. The number of piperidine rings is 1. The van der Waals surface area contributed by atoms with E-state index in [0.717, 1.165) is 69.6 Å². The number of rotatable bonds is 3. The first-order chi connectivity index (χ1) is 12.2. The van der Waals surface area contributed by atoms with Gasteiger partial charge in [-0.15, -0.1) is 22.6 Å². The molecule has 1 saturated heterocycles. The van der Waals surface area contributed by atoms with Gasteiger partial charge in [0.15, 0.2) is 0 Å². The van der Waals surface area contributed by atoms with Gasteiger partial charge in [-0.25, -0.2) is 0 Å². The highest BCUT2D eigenvalue weighted by Gasteiger charge is 2.30. The summed E-state index contributed by atoms with van der Waals surface area (Å²) in [6, 6.07) is 0. The van der Waals surface area contributed by atoms with Crippen LogP contribution in [0.5, 0.6) is 0 Å².